The number of nitrogens with two attached hydrogens (primary N) is 1. The van der Waals surface area contributed by atoms with Crippen LogP contribution in [0.1, 0.15) is 49.9 Å². The van der Waals surface area contributed by atoms with Crippen LogP contribution >= 0.6 is 0 Å². The van der Waals surface area contributed by atoms with E-state index in [0.717, 1.165) is 31.7 Å². The monoisotopic (exact) mass is 406 g/mol. The summed E-state index contributed by atoms with van der Waals surface area (Å²) in [6.07, 6.45) is 3.54. The zero-order chi connectivity index (χ0) is 20.7. The van der Waals surface area contributed by atoms with E-state index in [9.17, 15) is 18.3 Å². The number of para-hydroxylation sites is 1. The lowest BCUT2D eigenvalue weighted by Gasteiger charge is -2.23. The van der Waals surface area contributed by atoms with Crippen molar-refractivity contribution in [2.45, 2.75) is 50.5 Å². The average molecular weight is 407 g/mol. The van der Waals surface area contributed by atoms with E-state index in [0.29, 0.717) is 11.4 Å². The van der Waals surface area contributed by atoms with E-state index in [1.807, 2.05) is 0 Å². The van der Waals surface area contributed by atoms with E-state index in [2.05, 4.69) is 19.2 Å². The van der Waals surface area contributed by atoms with Crippen molar-refractivity contribution in [2.75, 3.05) is 5.32 Å². The van der Waals surface area contributed by atoms with E-state index in [1.165, 1.54) is 6.07 Å². The minimum absolute atomic E-state index is 0.00379. The van der Waals surface area contributed by atoms with Crippen molar-refractivity contribution in [3.8, 4) is 11.5 Å². The molecule has 0 spiro atoms. The molecule has 0 bridgehead atoms. The number of hydrogen-bond donors (Lipinski definition) is 3. The highest BCUT2D eigenvalue weighted by molar-refractivity contribution is 7.89. The zero-order valence-corrected chi connectivity index (χ0v) is 16.8. The van der Waals surface area contributed by atoms with Gasteiger partial charge < -0.3 is 15.2 Å². The third-order valence-corrected chi connectivity index (χ3v) is 5.12. The predicted molar refractivity (Wildman–Crippen MR) is 109 cm³/mol. The first-order chi connectivity index (χ1) is 13.3. The number of aromatic carboxylic acids is 1. The van der Waals surface area contributed by atoms with Gasteiger partial charge >= 0.3 is 5.97 Å². The molecule has 0 amide bonds. The second-order valence-corrected chi connectivity index (χ2v) is 8.06. The molecule has 0 fully saturated rings. The quantitative estimate of drug-likeness (QED) is 0.544. The number of carboxylic acid groups (broad SMARTS) is 1. The summed E-state index contributed by atoms with van der Waals surface area (Å²) < 4.78 is 30.2. The minimum Gasteiger partial charge on any atom is -0.478 e. The fourth-order valence-electron chi connectivity index (χ4n) is 2.96. The lowest BCUT2D eigenvalue weighted by molar-refractivity contribution is 0.0696. The van der Waals surface area contributed by atoms with Gasteiger partial charge in [-0.05, 0) is 37.1 Å². The molecular formula is C20H26N2O5S. The van der Waals surface area contributed by atoms with E-state index in [1.54, 1.807) is 30.3 Å². The SMILES string of the molecule is CCCC(CCC)Nc1cc(C(=O)O)cc(S(N)(=O)=O)c1Oc1ccccc1. The number of anilines is 1. The molecule has 0 aliphatic carbocycles. The summed E-state index contributed by atoms with van der Waals surface area (Å²) in [4.78, 5) is 11.2. The summed E-state index contributed by atoms with van der Waals surface area (Å²) in [5, 5.41) is 18.1. The Bertz CT molecular complexity index is 908. The van der Waals surface area contributed by atoms with Crippen LogP contribution in [0.4, 0.5) is 5.69 Å². The fourth-order valence-corrected chi connectivity index (χ4v) is 3.66. The molecule has 0 saturated carbocycles. The maximum Gasteiger partial charge on any atom is 0.335 e. The van der Waals surface area contributed by atoms with Crippen LogP contribution in [0.15, 0.2) is 47.4 Å². The molecule has 0 heterocycles. The van der Waals surface area contributed by atoms with Crippen molar-refractivity contribution in [3.05, 3.63) is 48.0 Å². The van der Waals surface area contributed by atoms with Gasteiger partial charge in [-0.3, -0.25) is 0 Å². The maximum atomic E-state index is 12.2. The average Bonchev–Trinajstić information content (AvgIpc) is 2.63. The number of nitrogens with one attached hydrogen (secondary N) is 1. The number of carbonyl (C=O) groups is 1. The topological polar surface area (TPSA) is 119 Å². The molecule has 0 aromatic heterocycles. The van der Waals surface area contributed by atoms with Crippen LogP contribution in [-0.4, -0.2) is 25.5 Å². The molecule has 0 atom stereocenters. The van der Waals surface area contributed by atoms with Crippen LogP contribution in [0.25, 0.3) is 0 Å². The van der Waals surface area contributed by atoms with Crippen LogP contribution < -0.4 is 15.2 Å². The fraction of sp³-hybridized carbons (Fsp3) is 0.350. The Morgan fingerprint density at radius 2 is 1.75 bits per heavy atom. The Kier molecular flexibility index (Phi) is 7.42. The molecule has 0 aliphatic rings. The highest BCUT2D eigenvalue weighted by Crippen LogP contribution is 2.38. The number of hydrogen-bond acceptors (Lipinski definition) is 5. The first kappa shape index (κ1) is 21.7. The normalized spacial score (nSPS) is 11.4. The van der Waals surface area contributed by atoms with Crippen LogP contribution in [0.2, 0.25) is 0 Å². The number of ether oxygens (including phenoxy) is 1. The Hall–Kier alpha value is -2.58. The Morgan fingerprint density at radius 1 is 1.14 bits per heavy atom. The van der Waals surface area contributed by atoms with Gasteiger partial charge in [0, 0.05) is 6.04 Å². The van der Waals surface area contributed by atoms with E-state index in [4.69, 9.17) is 9.88 Å². The second kappa shape index (κ2) is 9.57. The molecule has 2 aromatic rings. The third kappa shape index (κ3) is 5.71. The summed E-state index contributed by atoms with van der Waals surface area (Å²) in [5.74, 6) is -0.835. The van der Waals surface area contributed by atoms with Crippen molar-refractivity contribution in [1.82, 2.24) is 0 Å². The largest absolute Gasteiger partial charge is 0.478 e. The smallest absolute Gasteiger partial charge is 0.335 e. The zero-order valence-electron chi connectivity index (χ0n) is 16.0. The molecule has 0 saturated heterocycles. The van der Waals surface area contributed by atoms with Crippen molar-refractivity contribution in [1.29, 1.82) is 0 Å². The van der Waals surface area contributed by atoms with Crippen LogP contribution in [-0.2, 0) is 10.0 Å². The maximum absolute atomic E-state index is 12.2. The molecule has 4 N–H and O–H groups in total. The molecule has 8 heteroatoms. The van der Waals surface area contributed by atoms with Crippen molar-refractivity contribution in [2.24, 2.45) is 5.14 Å². The highest BCUT2D eigenvalue weighted by atomic mass is 32.2. The van der Waals surface area contributed by atoms with E-state index >= 15 is 0 Å². The Balaban J connectivity index is 2.63. The first-order valence-corrected chi connectivity index (χ1v) is 10.7. The van der Waals surface area contributed by atoms with Gasteiger partial charge in [-0.1, -0.05) is 44.9 Å². The van der Waals surface area contributed by atoms with Crippen molar-refractivity contribution in [3.63, 3.8) is 0 Å². The summed E-state index contributed by atoms with van der Waals surface area (Å²) in [7, 11) is -4.22. The molecule has 2 aromatic carbocycles. The molecule has 152 valence electrons. The lowest BCUT2D eigenvalue weighted by Crippen LogP contribution is -2.21. The van der Waals surface area contributed by atoms with Gasteiger partial charge in [0.15, 0.2) is 5.75 Å². The molecule has 0 unspecified atom stereocenters. The number of benzene rings is 2. The van der Waals surface area contributed by atoms with Gasteiger partial charge in [-0.15, -0.1) is 0 Å². The Morgan fingerprint density at radius 3 is 2.25 bits per heavy atom. The standard InChI is InChI=1S/C20H26N2O5S/c1-3-8-15(9-4-2)22-17-12-14(20(23)24)13-18(28(21,25)26)19(17)27-16-10-6-5-7-11-16/h5-7,10-13,15,22H,3-4,8-9H2,1-2H3,(H,23,24)(H2,21,25,26). The van der Waals surface area contributed by atoms with Crippen LogP contribution in [0.5, 0.6) is 11.5 Å². The van der Waals surface area contributed by atoms with Gasteiger partial charge in [0.2, 0.25) is 10.0 Å². The van der Waals surface area contributed by atoms with Gasteiger partial charge in [0.1, 0.15) is 10.6 Å². The summed E-state index contributed by atoms with van der Waals surface area (Å²) in [6, 6.07) is 11.1. The molecular weight excluding hydrogens is 380 g/mol. The van der Waals surface area contributed by atoms with Gasteiger partial charge in [-0.25, -0.2) is 18.4 Å². The highest BCUT2D eigenvalue weighted by Gasteiger charge is 2.24. The van der Waals surface area contributed by atoms with E-state index in [-0.39, 0.29) is 22.3 Å². The number of primary sulfonamides is 1. The number of rotatable bonds is 10. The summed E-state index contributed by atoms with van der Waals surface area (Å²) >= 11 is 0. The molecule has 28 heavy (non-hydrogen) atoms. The van der Waals surface area contributed by atoms with Gasteiger partial charge in [0.25, 0.3) is 0 Å². The molecule has 0 aliphatic heterocycles. The predicted octanol–water partition coefficient (Wildman–Crippen LogP) is 4.21. The van der Waals surface area contributed by atoms with Crippen LogP contribution in [0, 0.1) is 0 Å². The summed E-state index contributed by atoms with van der Waals surface area (Å²) in [6.45, 7) is 4.10. The number of sulfonamides is 1. The lowest BCUT2D eigenvalue weighted by atomic mass is 10.1. The number of carboxylic acids is 1. The van der Waals surface area contributed by atoms with E-state index < -0.39 is 16.0 Å². The Labute approximate surface area is 165 Å². The second-order valence-electron chi connectivity index (χ2n) is 6.53. The minimum atomic E-state index is -4.22. The molecule has 0 radical (unpaired) electrons. The first-order valence-electron chi connectivity index (χ1n) is 9.19. The molecule has 2 rings (SSSR count). The van der Waals surface area contributed by atoms with Crippen LogP contribution in [0.3, 0.4) is 0 Å². The van der Waals surface area contributed by atoms with Gasteiger partial charge in [-0.2, -0.15) is 0 Å². The molecule has 7 nitrogen and oxygen atoms in total. The van der Waals surface area contributed by atoms with Gasteiger partial charge in [0.05, 0.1) is 11.3 Å². The third-order valence-electron chi connectivity index (χ3n) is 4.21. The van der Waals surface area contributed by atoms with Crippen molar-refractivity contribution >= 4 is 21.7 Å². The van der Waals surface area contributed by atoms with Crippen molar-refractivity contribution < 1.29 is 23.1 Å². The summed E-state index contributed by atoms with van der Waals surface area (Å²) in [5.41, 5.74) is 0.110.